The third kappa shape index (κ3) is 2.90. The number of carbonyl (C=O) groups excluding carboxylic acids is 1. The molecule has 4 aromatic heterocycles. The Morgan fingerprint density at radius 3 is 2.62 bits per heavy atom. The minimum absolute atomic E-state index is 0.0707. The van der Waals surface area contributed by atoms with Gasteiger partial charge in [-0.3, -0.25) is 0 Å². The molecule has 5 rings (SSSR count). The molecule has 3 N–H and O–H groups in total. The Morgan fingerprint density at radius 2 is 1.88 bits per heavy atom. The van der Waals surface area contributed by atoms with Gasteiger partial charge in [0, 0.05) is 11.8 Å². The second-order valence-corrected chi connectivity index (χ2v) is 6.71. The highest BCUT2D eigenvalue weighted by Crippen LogP contribution is 2.34. The van der Waals surface area contributed by atoms with Crippen molar-refractivity contribution in [3.05, 3.63) is 65.1 Å². The molecule has 1 amide bonds. The number of H-pyrrole nitrogens is 1. The van der Waals surface area contributed by atoms with Crippen LogP contribution < -0.4 is 11.4 Å². The molecule has 4 heterocycles. The quantitative estimate of drug-likeness (QED) is 0.433. The average molecular weight is 440 g/mol. The highest BCUT2D eigenvalue weighted by molar-refractivity contribution is 5.88. The smallest absolute Gasteiger partial charge is 0.351 e. The van der Waals surface area contributed by atoms with Crippen molar-refractivity contribution in [3.8, 4) is 17.1 Å². The van der Waals surface area contributed by atoms with Gasteiger partial charge in [-0.15, -0.1) is 0 Å². The molecule has 0 radical (unpaired) electrons. The fraction of sp³-hybridized carbons (Fsp3) is 0.0526. The Labute approximate surface area is 175 Å². The lowest BCUT2D eigenvalue weighted by molar-refractivity contribution is -0.137. The van der Waals surface area contributed by atoms with Gasteiger partial charge in [0.2, 0.25) is 0 Å². The van der Waals surface area contributed by atoms with Crippen LogP contribution in [0, 0.1) is 0 Å². The van der Waals surface area contributed by atoms with Crippen molar-refractivity contribution in [3.63, 3.8) is 0 Å². The first kappa shape index (κ1) is 19.4. The number of rotatable bonds is 2. The summed E-state index contributed by atoms with van der Waals surface area (Å²) in [7, 11) is 0. The number of imidazole rings is 2. The van der Waals surface area contributed by atoms with Crippen LogP contribution in [0.15, 0.2) is 53.8 Å². The Morgan fingerprint density at radius 1 is 1.09 bits per heavy atom. The van der Waals surface area contributed by atoms with E-state index in [9.17, 15) is 22.8 Å². The average Bonchev–Trinajstić information content (AvgIpc) is 3.33. The zero-order valence-corrected chi connectivity index (χ0v) is 15.8. The minimum Gasteiger partial charge on any atom is -0.351 e. The van der Waals surface area contributed by atoms with Gasteiger partial charge in [0.05, 0.1) is 29.3 Å². The third-order valence-electron chi connectivity index (χ3n) is 4.79. The molecule has 0 unspecified atom stereocenters. The lowest BCUT2D eigenvalue weighted by Crippen LogP contribution is -2.33. The van der Waals surface area contributed by atoms with Crippen LogP contribution in [0.25, 0.3) is 39.4 Å². The largest absolute Gasteiger partial charge is 0.418 e. The third-order valence-corrected chi connectivity index (χ3v) is 4.79. The molecule has 0 aliphatic rings. The first-order valence-corrected chi connectivity index (χ1v) is 9.02. The fourth-order valence-corrected chi connectivity index (χ4v) is 3.41. The molecular formula is C19H11F3N8O2. The van der Waals surface area contributed by atoms with Gasteiger partial charge in [0.15, 0.2) is 17.1 Å². The van der Waals surface area contributed by atoms with Crippen LogP contribution in [0.2, 0.25) is 0 Å². The van der Waals surface area contributed by atoms with Crippen molar-refractivity contribution in [2.24, 2.45) is 5.73 Å². The van der Waals surface area contributed by atoms with E-state index in [4.69, 9.17) is 5.73 Å². The molecule has 0 saturated carbocycles. The van der Waals surface area contributed by atoms with E-state index < -0.39 is 29.1 Å². The van der Waals surface area contributed by atoms with Crippen LogP contribution in [0.4, 0.5) is 18.0 Å². The van der Waals surface area contributed by atoms with Gasteiger partial charge in [-0.2, -0.15) is 13.2 Å². The lowest BCUT2D eigenvalue weighted by Gasteiger charge is -2.13. The molecule has 10 nitrogen and oxygen atoms in total. The van der Waals surface area contributed by atoms with Crippen LogP contribution in [-0.4, -0.2) is 40.1 Å². The van der Waals surface area contributed by atoms with Crippen molar-refractivity contribution in [2.75, 3.05) is 0 Å². The number of primary amides is 1. The first-order valence-electron chi connectivity index (χ1n) is 9.02. The molecule has 0 saturated heterocycles. The summed E-state index contributed by atoms with van der Waals surface area (Å²) in [5, 5.41) is 0. The van der Waals surface area contributed by atoms with E-state index in [0.29, 0.717) is 25.9 Å². The maximum Gasteiger partial charge on any atom is 0.418 e. The van der Waals surface area contributed by atoms with E-state index in [0.717, 1.165) is 18.3 Å². The number of fused-ring (bicyclic) bond motifs is 2. The van der Waals surface area contributed by atoms with Crippen molar-refractivity contribution in [2.45, 2.75) is 6.18 Å². The zero-order valence-electron chi connectivity index (χ0n) is 15.8. The monoisotopic (exact) mass is 440 g/mol. The van der Waals surface area contributed by atoms with Crippen LogP contribution in [-0.2, 0) is 6.18 Å². The molecule has 160 valence electrons. The number of pyridine rings is 1. The van der Waals surface area contributed by atoms with Gasteiger partial charge >= 0.3 is 17.9 Å². The highest BCUT2D eigenvalue weighted by atomic mass is 19.4. The molecule has 13 heteroatoms. The topological polar surface area (TPSA) is 137 Å². The Hall–Kier alpha value is -4.55. The SMILES string of the molecule is NC(=O)n1c(=O)n(-c2ccccc2C(F)(F)F)c2nc(-c3cnc4nc[nH]c4c3)ncc21. The number of amides is 1. The number of nitrogens with one attached hydrogen (secondary N) is 1. The summed E-state index contributed by atoms with van der Waals surface area (Å²) < 4.78 is 42.1. The molecule has 1 aromatic carbocycles. The summed E-state index contributed by atoms with van der Waals surface area (Å²) in [6.45, 7) is 0. The number of carbonyl (C=O) groups is 1. The molecule has 0 aliphatic carbocycles. The number of para-hydroxylation sites is 1. The second kappa shape index (κ2) is 6.73. The Kier molecular flexibility index (Phi) is 4.08. The fourth-order valence-electron chi connectivity index (χ4n) is 3.41. The molecule has 0 spiro atoms. The first-order chi connectivity index (χ1) is 15.3. The van der Waals surface area contributed by atoms with Gasteiger partial charge in [-0.05, 0) is 18.2 Å². The Bertz CT molecular complexity index is 1580. The standard InChI is InChI=1S/C19H11F3N8O2/c20-19(21,22)10-3-1-2-4-12(10)29-16-13(30(17(23)31)18(29)32)7-25-14(28-16)9-5-11-15(24-6-9)27-8-26-11/h1-8H,(H2,23,31)(H,24,26,27). The van der Waals surface area contributed by atoms with Gasteiger partial charge in [-0.25, -0.2) is 38.7 Å². The number of halogens is 3. The zero-order chi connectivity index (χ0) is 22.6. The number of aromatic amines is 1. The summed E-state index contributed by atoms with van der Waals surface area (Å²) >= 11 is 0. The molecule has 5 aromatic rings. The predicted octanol–water partition coefficient (Wildman–Crippen LogP) is 2.47. The highest BCUT2D eigenvalue weighted by Gasteiger charge is 2.35. The summed E-state index contributed by atoms with van der Waals surface area (Å²) in [6.07, 6.45) is -0.734. The maximum atomic E-state index is 13.6. The van der Waals surface area contributed by atoms with Gasteiger partial charge in [0.25, 0.3) is 0 Å². The number of alkyl halides is 3. The molecule has 0 bridgehead atoms. The van der Waals surface area contributed by atoms with E-state index in [1.165, 1.54) is 24.7 Å². The summed E-state index contributed by atoms with van der Waals surface area (Å²) in [4.78, 5) is 44.3. The van der Waals surface area contributed by atoms with Crippen LogP contribution >= 0.6 is 0 Å². The number of nitrogens with two attached hydrogens (primary N) is 1. The maximum absolute atomic E-state index is 13.6. The second-order valence-electron chi connectivity index (χ2n) is 6.71. The van der Waals surface area contributed by atoms with Crippen molar-refractivity contribution < 1.29 is 18.0 Å². The summed E-state index contributed by atoms with van der Waals surface area (Å²) in [5.41, 5.74) is 3.72. The molecule has 0 aliphatic heterocycles. The van der Waals surface area contributed by atoms with Gasteiger partial charge in [-0.1, -0.05) is 12.1 Å². The van der Waals surface area contributed by atoms with Crippen molar-refractivity contribution in [1.29, 1.82) is 0 Å². The molecule has 0 fully saturated rings. The number of benzene rings is 1. The van der Waals surface area contributed by atoms with E-state index >= 15 is 0 Å². The number of hydrogen-bond acceptors (Lipinski definition) is 6. The summed E-state index contributed by atoms with van der Waals surface area (Å²) in [6, 6.07) is 4.93. The lowest BCUT2D eigenvalue weighted by atomic mass is 10.1. The summed E-state index contributed by atoms with van der Waals surface area (Å²) in [5.74, 6) is 0.0707. The van der Waals surface area contributed by atoms with Gasteiger partial charge < -0.3 is 10.7 Å². The van der Waals surface area contributed by atoms with Crippen molar-refractivity contribution in [1.82, 2.24) is 34.1 Å². The van der Waals surface area contributed by atoms with E-state index in [-0.39, 0.29) is 17.0 Å². The van der Waals surface area contributed by atoms with Gasteiger partial charge in [0.1, 0.15) is 5.52 Å². The van der Waals surface area contributed by atoms with Crippen LogP contribution in [0.3, 0.4) is 0 Å². The molecule has 32 heavy (non-hydrogen) atoms. The predicted molar refractivity (Wildman–Crippen MR) is 106 cm³/mol. The molecular weight excluding hydrogens is 429 g/mol. The Balaban J connectivity index is 1.83. The van der Waals surface area contributed by atoms with E-state index in [2.05, 4.69) is 24.9 Å². The number of aromatic nitrogens is 7. The van der Waals surface area contributed by atoms with Crippen molar-refractivity contribution >= 4 is 28.4 Å². The molecule has 0 atom stereocenters. The van der Waals surface area contributed by atoms with Crippen LogP contribution in [0.1, 0.15) is 5.56 Å². The number of hydrogen-bond donors (Lipinski definition) is 2. The van der Waals surface area contributed by atoms with Crippen LogP contribution in [0.5, 0.6) is 0 Å². The van der Waals surface area contributed by atoms with E-state index in [1.807, 2.05) is 0 Å². The van der Waals surface area contributed by atoms with E-state index in [1.54, 1.807) is 6.07 Å². The normalized spacial score (nSPS) is 12.0. The number of nitrogens with zero attached hydrogens (tertiary/aromatic N) is 6. The minimum atomic E-state index is -4.76.